The van der Waals surface area contributed by atoms with Crippen LogP contribution in [0.15, 0.2) is 92.0 Å². The molecule has 0 aromatic heterocycles. The van der Waals surface area contributed by atoms with Crippen molar-refractivity contribution in [2.45, 2.75) is 83.8 Å². The average molecular weight is 991 g/mol. The Morgan fingerprint density at radius 1 is 0.672 bits per heavy atom. The van der Waals surface area contributed by atoms with E-state index < -0.39 is 76.9 Å². The van der Waals surface area contributed by atoms with Crippen LogP contribution in [0, 0.1) is 0 Å². The minimum Gasteiger partial charge on any atom is -0.744 e. The van der Waals surface area contributed by atoms with E-state index in [-0.39, 0.29) is 182 Å². The first-order valence-electron chi connectivity index (χ1n) is 17.6. The molecule has 6 rings (SSSR count). The van der Waals surface area contributed by atoms with Crippen LogP contribution in [0.1, 0.15) is 64.5 Å². The van der Waals surface area contributed by atoms with Gasteiger partial charge in [-0.15, -0.1) is 0 Å². The van der Waals surface area contributed by atoms with Gasteiger partial charge >= 0.3 is 160 Å². The summed E-state index contributed by atoms with van der Waals surface area (Å²) in [6.07, 6.45) is 6.63. The van der Waals surface area contributed by atoms with Gasteiger partial charge in [0.1, 0.15) is 47.5 Å². The minimum atomic E-state index is -5.26. The number of carboxylic acid groups (broad SMARTS) is 1. The van der Waals surface area contributed by atoms with Crippen molar-refractivity contribution in [1.29, 1.82) is 0 Å². The van der Waals surface area contributed by atoms with E-state index in [9.17, 15) is 56.7 Å². The topological polar surface area (TPSA) is 272 Å². The predicted octanol–water partition coefficient (Wildman–Crippen LogP) is -4.49. The second kappa shape index (κ2) is 19.9. The third kappa shape index (κ3) is 11.1. The average Bonchev–Trinajstić information content (AvgIpc) is 3.43. The SMILES string of the molecule is C[N+]1=C(C=CC=C2N(CCCCCC(=O)O)c3ccc4c(S(=O)(=O)[O-])cc(S(=O)(=O)[O-])cc4c3C2(C)C)C(C)(C)c2c1ccc1c(S(=O)(=O)[O-])cc(S(=O)(=O)[O-])cc21.[K+].[K+].[K+]. The largest absolute Gasteiger partial charge is 1.00 e. The smallest absolute Gasteiger partial charge is 0.744 e. The van der Waals surface area contributed by atoms with Crippen LogP contribution in [0.25, 0.3) is 21.5 Å². The summed E-state index contributed by atoms with van der Waals surface area (Å²) in [4.78, 5) is 9.56. The molecule has 0 amide bonds. The molecular formula is C38H37K3N2O14S4. The van der Waals surface area contributed by atoms with E-state index in [1.165, 1.54) is 12.1 Å². The number of nitrogens with zero attached hydrogens (tertiary/aromatic N) is 2. The normalized spacial score (nSPS) is 16.7. The molecule has 0 radical (unpaired) electrons. The van der Waals surface area contributed by atoms with Gasteiger partial charge in [0.25, 0.3) is 0 Å². The second-order valence-corrected chi connectivity index (χ2v) is 20.7. The number of carboxylic acids is 1. The summed E-state index contributed by atoms with van der Waals surface area (Å²) in [5.41, 5.74) is 1.20. The van der Waals surface area contributed by atoms with Crippen molar-refractivity contribution in [3.05, 3.63) is 83.6 Å². The van der Waals surface area contributed by atoms with E-state index >= 15 is 0 Å². The Morgan fingerprint density at radius 2 is 1.16 bits per heavy atom. The van der Waals surface area contributed by atoms with Crippen molar-refractivity contribution < 1.29 is 221 Å². The fourth-order valence-electron chi connectivity index (χ4n) is 8.33. The Morgan fingerprint density at radius 3 is 1.64 bits per heavy atom. The summed E-state index contributed by atoms with van der Waals surface area (Å²) in [6.45, 7) is 7.51. The number of aliphatic carboxylic acids is 1. The fourth-order valence-corrected chi connectivity index (χ4v) is 11.0. The van der Waals surface area contributed by atoms with Gasteiger partial charge in [0.05, 0.1) is 25.0 Å². The number of anilines is 1. The van der Waals surface area contributed by atoms with Crippen LogP contribution in [0.4, 0.5) is 11.4 Å². The van der Waals surface area contributed by atoms with Crippen LogP contribution < -0.4 is 159 Å². The summed E-state index contributed by atoms with van der Waals surface area (Å²) in [6, 6.07) is 9.14. The van der Waals surface area contributed by atoms with Crippen LogP contribution >= 0.6 is 0 Å². The fraction of sp³-hybridized carbons (Fsp3) is 0.316. The van der Waals surface area contributed by atoms with E-state index in [4.69, 9.17) is 5.11 Å². The molecule has 310 valence electrons. The molecule has 0 bridgehead atoms. The Hall–Kier alpha value is 0.369. The van der Waals surface area contributed by atoms with Gasteiger partial charge in [0.15, 0.2) is 5.71 Å². The summed E-state index contributed by atoms with van der Waals surface area (Å²) < 4.78 is 149. The van der Waals surface area contributed by atoms with Crippen molar-refractivity contribution in [2.24, 2.45) is 0 Å². The molecule has 2 heterocycles. The van der Waals surface area contributed by atoms with Gasteiger partial charge in [-0.2, -0.15) is 4.58 Å². The number of carbonyl (C=O) groups is 1. The van der Waals surface area contributed by atoms with Gasteiger partial charge in [0.2, 0.25) is 5.69 Å². The van der Waals surface area contributed by atoms with Gasteiger partial charge in [-0.05, 0) is 90.9 Å². The maximum absolute atomic E-state index is 12.4. The zero-order valence-corrected chi connectivity index (χ0v) is 47.3. The zero-order valence-electron chi connectivity index (χ0n) is 34.7. The van der Waals surface area contributed by atoms with Gasteiger partial charge in [-0.1, -0.05) is 32.4 Å². The minimum absolute atomic E-state index is 0. The first-order chi connectivity index (χ1) is 26.6. The molecule has 4 aromatic rings. The maximum atomic E-state index is 12.4. The monoisotopic (exact) mass is 990 g/mol. The number of allylic oxidation sites excluding steroid dienone is 4. The molecule has 0 unspecified atom stereocenters. The third-order valence-corrected chi connectivity index (χ3v) is 14.2. The standard InChI is InChI=1S/C38H40N2O14S4.3K/c1-37(2)32(39(5)28-15-13-24-26(35(28)37)18-22(55(43,44)45)20-30(24)57(49,50)51)10-9-11-33-38(3,4)36-27-19-23(56(46,47)48)21-31(58(52,53)54)25(27)14-16-29(36)40(33)17-8-6-7-12-34(41)42;;;/h9-11,13-16,18-21H,6-8,12,17H2,1-5H3,(H4-,41,42,43,44,45,46,47,48,49,50,51,52,53,54);;;/q;3*+1/p-3. The van der Waals surface area contributed by atoms with Crippen molar-refractivity contribution in [1.82, 2.24) is 0 Å². The molecule has 0 spiro atoms. The van der Waals surface area contributed by atoms with Crippen molar-refractivity contribution in [2.75, 3.05) is 18.5 Å². The van der Waals surface area contributed by atoms with Crippen molar-refractivity contribution in [3.8, 4) is 0 Å². The van der Waals surface area contributed by atoms with Gasteiger partial charge in [-0.25, -0.2) is 33.7 Å². The van der Waals surface area contributed by atoms with Crippen molar-refractivity contribution in [3.63, 3.8) is 0 Å². The molecule has 2 aliphatic rings. The summed E-state index contributed by atoms with van der Waals surface area (Å²) in [5.74, 6) is -0.947. The quantitative estimate of drug-likeness (QED) is 0.0607. The molecule has 61 heavy (non-hydrogen) atoms. The first kappa shape index (κ1) is 55.7. The number of benzene rings is 4. The molecule has 0 saturated carbocycles. The van der Waals surface area contributed by atoms with Crippen LogP contribution in [-0.4, -0.2) is 86.8 Å². The number of hydrogen-bond acceptors (Lipinski definition) is 14. The Labute approximate surface area is 482 Å². The van der Waals surface area contributed by atoms with Crippen LogP contribution in [-0.2, 0) is 56.1 Å². The van der Waals surface area contributed by atoms with Gasteiger partial charge < -0.3 is 28.2 Å². The number of unbranched alkanes of at least 4 members (excludes halogenated alkanes) is 2. The number of fused-ring (bicyclic) bond motifs is 6. The molecule has 2 aliphatic heterocycles. The molecule has 0 aliphatic carbocycles. The predicted molar refractivity (Wildman–Crippen MR) is 207 cm³/mol. The number of hydrogen-bond donors (Lipinski definition) is 1. The van der Waals surface area contributed by atoms with E-state index in [0.717, 1.165) is 12.1 Å². The summed E-state index contributed by atoms with van der Waals surface area (Å²) in [7, 11) is -19.2. The zero-order chi connectivity index (χ0) is 43.1. The molecule has 0 atom stereocenters. The molecular weight excluding hydrogens is 954 g/mol. The first-order valence-corrected chi connectivity index (χ1v) is 23.3. The molecule has 4 aromatic carbocycles. The van der Waals surface area contributed by atoms with E-state index in [1.807, 2.05) is 4.90 Å². The van der Waals surface area contributed by atoms with Gasteiger partial charge in [-0.3, -0.25) is 4.79 Å². The second-order valence-electron chi connectivity index (χ2n) is 15.2. The Kier molecular flexibility index (Phi) is 18.2. The van der Waals surface area contributed by atoms with Crippen molar-refractivity contribution >= 4 is 85.1 Å². The Bertz CT molecular complexity index is 3040. The van der Waals surface area contributed by atoms with Crippen LogP contribution in [0.5, 0.6) is 0 Å². The Balaban J connectivity index is 0.00000331. The molecule has 23 heteroatoms. The summed E-state index contributed by atoms with van der Waals surface area (Å²) >= 11 is 0. The third-order valence-electron chi connectivity index (χ3n) is 10.8. The molecule has 0 fully saturated rings. The van der Waals surface area contributed by atoms with E-state index in [1.54, 1.807) is 69.7 Å². The molecule has 0 saturated heterocycles. The molecule has 16 nitrogen and oxygen atoms in total. The molecule has 1 N–H and O–H groups in total. The maximum Gasteiger partial charge on any atom is 1.00 e. The van der Waals surface area contributed by atoms with Crippen LogP contribution in [0.2, 0.25) is 0 Å². The van der Waals surface area contributed by atoms with E-state index in [0.29, 0.717) is 71.9 Å². The number of rotatable bonds is 12. The van der Waals surface area contributed by atoms with E-state index in [2.05, 4.69) is 0 Å². The summed E-state index contributed by atoms with van der Waals surface area (Å²) in [5, 5.41) is 9.12. The van der Waals surface area contributed by atoms with Gasteiger partial charge in [0, 0.05) is 52.9 Å². The van der Waals surface area contributed by atoms with Crippen LogP contribution in [0.3, 0.4) is 0 Å².